The van der Waals surface area contributed by atoms with Crippen LogP contribution < -0.4 is 5.32 Å². The number of benzene rings is 2. The fraction of sp³-hybridized carbons (Fsp3) is 0.115. The molecule has 7 nitrogen and oxygen atoms in total. The molecule has 170 valence electrons. The minimum atomic E-state index is -0.294. The zero-order valence-electron chi connectivity index (χ0n) is 18.1. The lowest BCUT2D eigenvalue weighted by molar-refractivity contribution is 0.0717. The summed E-state index contributed by atoms with van der Waals surface area (Å²) in [4.78, 5) is 32.1. The summed E-state index contributed by atoms with van der Waals surface area (Å²) in [6.45, 7) is 0.824. The predicted octanol–water partition coefficient (Wildman–Crippen LogP) is 5.25. The van der Waals surface area contributed by atoms with Gasteiger partial charge in [-0.15, -0.1) is 11.3 Å². The van der Waals surface area contributed by atoms with E-state index in [2.05, 4.69) is 10.3 Å². The monoisotopic (exact) mass is 471 g/mol. The van der Waals surface area contributed by atoms with Gasteiger partial charge in [-0.1, -0.05) is 30.3 Å². The van der Waals surface area contributed by atoms with E-state index in [-0.39, 0.29) is 31.4 Å². The Hall–Kier alpha value is -4.17. The Morgan fingerprint density at radius 1 is 0.882 bits per heavy atom. The van der Waals surface area contributed by atoms with Gasteiger partial charge in [-0.2, -0.15) is 0 Å². The number of aromatic nitrogens is 1. The molecule has 0 saturated heterocycles. The number of thiazole rings is 1. The van der Waals surface area contributed by atoms with Crippen LogP contribution in [0.25, 0.3) is 10.8 Å². The summed E-state index contributed by atoms with van der Waals surface area (Å²) in [6, 6.07) is 20.8. The highest BCUT2D eigenvalue weighted by atomic mass is 32.1. The van der Waals surface area contributed by atoms with Crippen molar-refractivity contribution < 1.29 is 18.4 Å². The highest BCUT2D eigenvalue weighted by Gasteiger charge is 2.21. The van der Waals surface area contributed by atoms with Crippen LogP contribution in [0.3, 0.4) is 0 Å². The maximum absolute atomic E-state index is 13.5. The van der Waals surface area contributed by atoms with Crippen molar-refractivity contribution in [3.05, 3.63) is 112 Å². The van der Waals surface area contributed by atoms with E-state index in [1.807, 2.05) is 48.5 Å². The molecule has 0 aliphatic rings. The number of amides is 2. The van der Waals surface area contributed by atoms with E-state index in [1.54, 1.807) is 41.0 Å². The van der Waals surface area contributed by atoms with Crippen LogP contribution in [0.2, 0.25) is 0 Å². The Morgan fingerprint density at radius 2 is 1.65 bits per heavy atom. The number of hydrogen-bond acceptors (Lipinski definition) is 6. The van der Waals surface area contributed by atoms with E-state index in [1.165, 1.54) is 11.3 Å². The van der Waals surface area contributed by atoms with Crippen molar-refractivity contribution in [1.29, 1.82) is 0 Å². The van der Waals surface area contributed by atoms with Crippen LogP contribution in [0, 0.1) is 0 Å². The Morgan fingerprint density at radius 3 is 2.41 bits per heavy atom. The van der Waals surface area contributed by atoms with Gasteiger partial charge in [-0.05, 0) is 47.2 Å². The summed E-state index contributed by atoms with van der Waals surface area (Å²) >= 11 is 1.34. The minimum absolute atomic E-state index is 0.138. The molecule has 0 aliphatic carbocycles. The maximum Gasteiger partial charge on any atom is 0.271 e. The Kier molecular flexibility index (Phi) is 6.22. The van der Waals surface area contributed by atoms with Gasteiger partial charge >= 0.3 is 0 Å². The van der Waals surface area contributed by atoms with Gasteiger partial charge in [0.2, 0.25) is 0 Å². The summed E-state index contributed by atoms with van der Waals surface area (Å²) in [5.41, 5.74) is 0.890. The third-order valence-corrected chi connectivity index (χ3v) is 6.16. The van der Waals surface area contributed by atoms with Crippen molar-refractivity contribution in [2.75, 3.05) is 0 Å². The van der Waals surface area contributed by atoms with Crippen molar-refractivity contribution in [2.24, 2.45) is 0 Å². The molecule has 8 heteroatoms. The zero-order chi connectivity index (χ0) is 23.3. The molecular weight excluding hydrogens is 450 g/mol. The van der Waals surface area contributed by atoms with Crippen molar-refractivity contribution >= 4 is 33.9 Å². The highest BCUT2D eigenvalue weighted by molar-refractivity contribution is 7.09. The molecule has 34 heavy (non-hydrogen) atoms. The van der Waals surface area contributed by atoms with Gasteiger partial charge in [0, 0.05) is 10.9 Å². The highest BCUT2D eigenvalue weighted by Crippen LogP contribution is 2.21. The molecule has 0 bridgehead atoms. The smallest absolute Gasteiger partial charge is 0.271 e. The van der Waals surface area contributed by atoms with Crippen molar-refractivity contribution in [3.63, 3.8) is 0 Å². The summed E-state index contributed by atoms with van der Waals surface area (Å²) in [7, 11) is 0. The molecule has 0 saturated carbocycles. The number of nitrogens with one attached hydrogen (secondary N) is 1. The second-order valence-electron chi connectivity index (χ2n) is 7.69. The van der Waals surface area contributed by atoms with Crippen LogP contribution in [0.5, 0.6) is 0 Å². The van der Waals surface area contributed by atoms with E-state index in [4.69, 9.17) is 8.83 Å². The maximum atomic E-state index is 13.5. The molecule has 1 N–H and O–H groups in total. The number of carbonyl (C=O) groups excluding carboxylic acids is 2. The number of hydrogen-bond donors (Lipinski definition) is 1. The fourth-order valence-electron chi connectivity index (χ4n) is 3.62. The molecule has 0 radical (unpaired) electrons. The lowest BCUT2D eigenvalue weighted by Gasteiger charge is -2.21. The van der Waals surface area contributed by atoms with Gasteiger partial charge in [0.15, 0.2) is 0 Å². The number of rotatable bonds is 8. The Bertz CT molecular complexity index is 1410. The molecule has 2 aromatic carbocycles. The standard InChI is InChI=1S/C26H21N3O4S/c30-25(27-14-21-7-3-11-32-21)23-17-34-24(28-23)16-29(15-22-8-4-12-33-22)26(31)20-10-9-18-5-1-2-6-19(18)13-20/h1-13,17H,14-16H2,(H,27,30). The summed E-state index contributed by atoms with van der Waals surface area (Å²) in [5, 5.41) is 7.20. The van der Waals surface area contributed by atoms with Gasteiger partial charge in [0.05, 0.1) is 32.2 Å². The SMILES string of the molecule is O=C(NCc1ccco1)c1csc(CN(Cc2ccco2)C(=O)c2ccc3ccccc3c2)n1. The summed E-state index contributed by atoms with van der Waals surface area (Å²) < 4.78 is 10.7. The van der Waals surface area contributed by atoms with Gasteiger partial charge in [-0.3, -0.25) is 9.59 Å². The van der Waals surface area contributed by atoms with E-state index in [9.17, 15) is 9.59 Å². The molecule has 0 spiro atoms. The normalized spacial score (nSPS) is 10.9. The zero-order valence-corrected chi connectivity index (χ0v) is 19.0. The number of fused-ring (bicyclic) bond motifs is 1. The fourth-order valence-corrected chi connectivity index (χ4v) is 4.41. The average Bonchev–Trinajstić information content (AvgIpc) is 3.65. The molecule has 5 aromatic rings. The number of carbonyl (C=O) groups is 2. The first-order chi connectivity index (χ1) is 16.7. The molecular formula is C26H21N3O4S. The van der Waals surface area contributed by atoms with Gasteiger partial charge in [-0.25, -0.2) is 4.98 Å². The van der Waals surface area contributed by atoms with Crippen LogP contribution in [0.15, 0.2) is 93.5 Å². The van der Waals surface area contributed by atoms with Gasteiger partial charge < -0.3 is 19.1 Å². The van der Waals surface area contributed by atoms with Crippen LogP contribution in [0.1, 0.15) is 37.4 Å². The van der Waals surface area contributed by atoms with Crippen LogP contribution in [-0.2, 0) is 19.6 Å². The van der Waals surface area contributed by atoms with Gasteiger partial charge in [0.1, 0.15) is 22.2 Å². The average molecular weight is 472 g/mol. The van der Waals surface area contributed by atoms with Crippen LogP contribution >= 0.6 is 11.3 Å². The molecule has 0 aliphatic heterocycles. The molecule has 5 rings (SSSR count). The lowest BCUT2D eigenvalue weighted by atomic mass is 10.1. The second-order valence-corrected chi connectivity index (χ2v) is 8.63. The molecule has 2 amide bonds. The topological polar surface area (TPSA) is 88.6 Å². The molecule has 3 aromatic heterocycles. The van der Waals surface area contributed by atoms with Gasteiger partial charge in [0.25, 0.3) is 11.8 Å². The molecule has 3 heterocycles. The minimum Gasteiger partial charge on any atom is -0.467 e. The van der Waals surface area contributed by atoms with E-state index in [0.29, 0.717) is 27.8 Å². The van der Waals surface area contributed by atoms with E-state index < -0.39 is 0 Å². The quantitative estimate of drug-likeness (QED) is 0.334. The second kappa shape index (κ2) is 9.76. The van der Waals surface area contributed by atoms with Crippen molar-refractivity contribution in [2.45, 2.75) is 19.6 Å². The molecule has 0 atom stereocenters. The lowest BCUT2D eigenvalue weighted by Crippen LogP contribution is -2.30. The number of nitrogens with zero attached hydrogens (tertiary/aromatic N) is 2. The van der Waals surface area contributed by atoms with Crippen LogP contribution in [-0.4, -0.2) is 21.7 Å². The molecule has 0 unspecified atom stereocenters. The third-order valence-electron chi connectivity index (χ3n) is 5.32. The summed E-state index contributed by atoms with van der Waals surface area (Å²) in [5.74, 6) is 0.898. The first kappa shape index (κ1) is 21.7. The van der Waals surface area contributed by atoms with Crippen molar-refractivity contribution in [3.8, 4) is 0 Å². The molecule has 0 fully saturated rings. The third kappa shape index (κ3) is 4.92. The first-order valence-electron chi connectivity index (χ1n) is 10.7. The largest absolute Gasteiger partial charge is 0.467 e. The Balaban J connectivity index is 1.34. The Labute approximate surface area is 199 Å². The number of furan rings is 2. The summed E-state index contributed by atoms with van der Waals surface area (Å²) in [6.07, 6.45) is 3.14. The van der Waals surface area contributed by atoms with Crippen molar-refractivity contribution in [1.82, 2.24) is 15.2 Å². The van der Waals surface area contributed by atoms with E-state index >= 15 is 0 Å². The predicted molar refractivity (Wildman–Crippen MR) is 128 cm³/mol. The van der Waals surface area contributed by atoms with E-state index in [0.717, 1.165) is 10.8 Å². The first-order valence-corrected chi connectivity index (χ1v) is 11.6. The van der Waals surface area contributed by atoms with Crippen LogP contribution in [0.4, 0.5) is 0 Å².